The summed E-state index contributed by atoms with van der Waals surface area (Å²) in [6, 6.07) is 0. The molecule has 118 valence electrons. The molecule has 21 heavy (non-hydrogen) atoms. The molecule has 0 radical (unpaired) electrons. The summed E-state index contributed by atoms with van der Waals surface area (Å²) in [5.74, 6) is -3.45. The molecule has 1 aliphatic rings. The van der Waals surface area contributed by atoms with Crippen LogP contribution in [0.1, 0.15) is 45.4 Å². The summed E-state index contributed by atoms with van der Waals surface area (Å²) < 4.78 is 4.93. The zero-order valence-electron chi connectivity index (χ0n) is 12.2. The van der Waals surface area contributed by atoms with E-state index in [4.69, 9.17) is 4.74 Å². The summed E-state index contributed by atoms with van der Waals surface area (Å²) in [6.07, 6.45) is 5.61. The largest absolute Gasteiger partial charge is 0.481 e. The van der Waals surface area contributed by atoms with Gasteiger partial charge in [0.25, 0.3) is 0 Å². The molecule has 1 rings (SSSR count). The van der Waals surface area contributed by atoms with Crippen molar-refractivity contribution in [3.05, 3.63) is 12.2 Å². The van der Waals surface area contributed by atoms with Gasteiger partial charge in [-0.1, -0.05) is 18.9 Å². The molecular formula is C15H22O6. The zero-order chi connectivity index (χ0) is 15.9. The molecular weight excluding hydrogens is 276 g/mol. The number of carboxylic acid groups (broad SMARTS) is 2. The van der Waals surface area contributed by atoms with Crippen LogP contribution in [-0.2, 0) is 19.1 Å². The Bertz CT molecular complexity index is 428. The molecule has 6 nitrogen and oxygen atoms in total. The number of carbonyl (C=O) groups is 3. The van der Waals surface area contributed by atoms with E-state index in [-0.39, 0.29) is 13.0 Å². The number of hydrogen-bond acceptors (Lipinski definition) is 4. The maximum Gasteiger partial charge on any atom is 0.330 e. The van der Waals surface area contributed by atoms with E-state index in [9.17, 15) is 24.6 Å². The standard InChI is InChI=1S/C15H22O6/c1-2-6-12(16)21-10-5-9-15(14(19)20)8-4-3-7-11(15)13(17)18/h2,6,11H,3-5,7-10H2,1H3,(H,17,18)(H,19,20). The van der Waals surface area contributed by atoms with Crippen LogP contribution in [0.4, 0.5) is 0 Å². The molecule has 0 aromatic carbocycles. The van der Waals surface area contributed by atoms with Crippen LogP contribution in [0.25, 0.3) is 0 Å². The molecule has 0 amide bonds. The minimum Gasteiger partial charge on any atom is -0.481 e. The average Bonchev–Trinajstić information content (AvgIpc) is 2.44. The Kier molecular flexibility index (Phi) is 6.39. The van der Waals surface area contributed by atoms with Crippen molar-refractivity contribution in [2.24, 2.45) is 11.3 Å². The van der Waals surface area contributed by atoms with Crippen molar-refractivity contribution in [3.8, 4) is 0 Å². The zero-order valence-corrected chi connectivity index (χ0v) is 12.2. The van der Waals surface area contributed by atoms with E-state index >= 15 is 0 Å². The predicted molar refractivity (Wildman–Crippen MR) is 74.7 cm³/mol. The number of ether oxygens (including phenoxy) is 1. The van der Waals surface area contributed by atoms with Crippen LogP contribution in [0.3, 0.4) is 0 Å². The fourth-order valence-electron chi connectivity index (χ4n) is 3.01. The van der Waals surface area contributed by atoms with Gasteiger partial charge in [-0.2, -0.15) is 0 Å². The number of hydrogen-bond donors (Lipinski definition) is 2. The third-order valence-corrected chi connectivity index (χ3v) is 4.07. The summed E-state index contributed by atoms with van der Waals surface area (Å²) in [5, 5.41) is 18.8. The Morgan fingerprint density at radius 1 is 1.29 bits per heavy atom. The van der Waals surface area contributed by atoms with E-state index in [1.165, 1.54) is 6.08 Å². The Morgan fingerprint density at radius 3 is 2.57 bits per heavy atom. The first-order valence-electron chi connectivity index (χ1n) is 7.19. The van der Waals surface area contributed by atoms with Crippen molar-refractivity contribution in [1.29, 1.82) is 0 Å². The van der Waals surface area contributed by atoms with E-state index in [2.05, 4.69) is 0 Å². The molecule has 2 N–H and O–H groups in total. The molecule has 0 aliphatic heterocycles. The second-order valence-electron chi connectivity index (χ2n) is 5.37. The van der Waals surface area contributed by atoms with Gasteiger partial charge < -0.3 is 14.9 Å². The number of allylic oxidation sites excluding steroid dienone is 1. The van der Waals surface area contributed by atoms with Crippen LogP contribution in [0.15, 0.2) is 12.2 Å². The molecule has 1 fully saturated rings. The lowest BCUT2D eigenvalue weighted by atomic mass is 9.64. The molecule has 0 aromatic rings. The highest BCUT2D eigenvalue weighted by molar-refractivity contribution is 5.83. The van der Waals surface area contributed by atoms with Crippen LogP contribution in [-0.4, -0.2) is 34.7 Å². The second kappa shape index (κ2) is 7.81. The summed E-state index contributed by atoms with van der Waals surface area (Å²) in [7, 11) is 0. The first-order valence-corrected chi connectivity index (χ1v) is 7.19. The molecule has 0 spiro atoms. The number of aliphatic carboxylic acids is 2. The van der Waals surface area contributed by atoms with Gasteiger partial charge in [0.15, 0.2) is 0 Å². The number of esters is 1. The monoisotopic (exact) mass is 298 g/mol. The molecule has 0 saturated heterocycles. The minimum absolute atomic E-state index is 0.102. The van der Waals surface area contributed by atoms with Crippen LogP contribution in [0.5, 0.6) is 0 Å². The highest BCUT2D eigenvalue weighted by Crippen LogP contribution is 2.45. The van der Waals surface area contributed by atoms with Gasteiger partial charge in [0.05, 0.1) is 17.9 Å². The molecule has 1 saturated carbocycles. The lowest BCUT2D eigenvalue weighted by molar-refractivity contribution is -0.167. The third kappa shape index (κ3) is 4.31. The molecule has 2 atom stereocenters. The summed E-state index contributed by atoms with van der Waals surface area (Å²) in [4.78, 5) is 34.1. The molecule has 6 heteroatoms. The summed E-state index contributed by atoms with van der Waals surface area (Å²) >= 11 is 0. The number of rotatable bonds is 7. The van der Waals surface area contributed by atoms with Gasteiger partial charge in [0.2, 0.25) is 0 Å². The quantitative estimate of drug-likeness (QED) is 0.424. The van der Waals surface area contributed by atoms with E-state index in [1.54, 1.807) is 13.0 Å². The van der Waals surface area contributed by atoms with Crippen LogP contribution in [0.2, 0.25) is 0 Å². The lowest BCUT2D eigenvalue weighted by Crippen LogP contribution is -2.45. The SMILES string of the molecule is CC=CC(=O)OCCCC1(C(=O)O)CCCCC1C(=O)O. The van der Waals surface area contributed by atoms with Gasteiger partial charge in [-0.05, 0) is 32.6 Å². The van der Waals surface area contributed by atoms with E-state index < -0.39 is 29.2 Å². The van der Waals surface area contributed by atoms with Crippen molar-refractivity contribution in [1.82, 2.24) is 0 Å². The molecule has 2 unspecified atom stereocenters. The van der Waals surface area contributed by atoms with Crippen LogP contribution in [0, 0.1) is 11.3 Å². The normalized spacial score (nSPS) is 25.7. The van der Waals surface area contributed by atoms with Crippen molar-refractivity contribution in [3.63, 3.8) is 0 Å². The first-order chi connectivity index (χ1) is 9.94. The Labute approximate surface area is 123 Å². The van der Waals surface area contributed by atoms with E-state index in [1.807, 2.05) is 0 Å². The fraction of sp³-hybridized carbons (Fsp3) is 0.667. The lowest BCUT2D eigenvalue weighted by Gasteiger charge is -2.38. The van der Waals surface area contributed by atoms with E-state index in [0.29, 0.717) is 25.7 Å². The molecule has 0 heterocycles. The van der Waals surface area contributed by atoms with Crippen LogP contribution < -0.4 is 0 Å². The van der Waals surface area contributed by atoms with E-state index in [0.717, 1.165) is 6.42 Å². The third-order valence-electron chi connectivity index (χ3n) is 4.07. The van der Waals surface area contributed by atoms with Crippen molar-refractivity contribution < 1.29 is 29.3 Å². The number of carboxylic acids is 2. The highest BCUT2D eigenvalue weighted by Gasteiger charge is 2.50. The predicted octanol–water partition coefficient (Wildman–Crippen LogP) is 2.23. The molecule has 0 bridgehead atoms. The van der Waals surface area contributed by atoms with Crippen molar-refractivity contribution in [2.75, 3.05) is 6.61 Å². The smallest absolute Gasteiger partial charge is 0.330 e. The van der Waals surface area contributed by atoms with Gasteiger partial charge in [-0.3, -0.25) is 9.59 Å². The Morgan fingerprint density at radius 2 is 2.00 bits per heavy atom. The van der Waals surface area contributed by atoms with Crippen molar-refractivity contribution >= 4 is 17.9 Å². The summed E-state index contributed by atoms with van der Waals surface area (Å²) in [5.41, 5.74) is -1.24. The highest BCUT2D eigenvalue weighted by atomic mass is 16.5. The van der Waals surface area contributed by atoms with Gasteiger partial charge >= 0.3 is 17.9 Å². The summed E-state index contributed by atoms with van der Waals surface area (Å²) in [6.45, 7) is 1.80. The fourth-order valence-corrected chi connectivity index (χ4v) is 3.01. The maximum absolute atomic E-state index is 11.6. The topological polar surface area (TPSA) is 101 Å². The van der Waals surface area contributed by atoms with Gasteiger partial charge in [-0.15, -0.1) is 0 Å². The van der Waals surface area contributed by atoms with Gasteiger partial charge in [0.1, 0.15) is 0 Å². The van der Waals surface area contributed by atoms with Gasteiger partial charge in [0, 0.05) is 6.08 Å². The second-order valence-corrected chi connectivity index (χ2v) is 5.37. The van der Waals surface area contributed by atoms with Crippen molar-refractivity contribution in [2.45, 2.75) is 45.4 Å². The molecule has 1 aliphatic carbocycles. The van der Waals surface area contributed by atoms with Crippen LogP contribution >= 0.6 is 0 Å². The minimum atomic E-state index is -1.24. The maximum atomic E-state index is 11.6. The Balaban J connectivity index is 2.65. The van der Waals surface area contributed by atoms with Gasteiger partial charge in [-0.25, -0.2) is 4.79 Å². The average molecular weight is 298 g/mol. The number of carbonyl (C=O) groups excluding carboxylic acids is 1. The molecule has 0 aromatic heterocycles. The Hall–Kier alpha value is -1.85. The first kappa shape index (κ1) is 17.2.